The predicted molar refractivity (Wildman–Crippen MR) is 180 cm³/mol. The van der Waals surface area contributed by atoms with Crippen molar-refractivity contribution in [3.05, 3.63) is 96.6 Å². The van der Waals surface area contributed by atoms with Crippen LogP contribution in [0.4, 0.5) is 0 Å². The van der Waals surface area contributed by atoms with Gasteiger partial charge in [0.05, 0.1) is 12.7 Å². The van der Waals surface area contributed by atoms with E-state index in [4.69, 9.17) is 9.16 Å². The first kappa shape index (κ1) is 33.4. The maximum atomic E-state index is 13.3. The molecule has 0 unspecified atom stereocenters. The van der Waals surface area contributed by atoms with Gasteiger partial charge in [-0.15, -0.1) is 6.58 Å². The molecule has 2 fully saturated rings. The van der Waals surface area contributed by atoms with Crippen molar-refractivity contribution in [3.63, 3.8) is 0 Å². The minimum atomic E-state index is -2.14. The summed E-state index contributed by atoms with van der Waals surface area (Å²) in [5.41, 5.74) is 1.26. The van der Waals surface area contributed by atoms with Gasteiger partial charge >= 0.3 is 5.97 Å². The lowest BCUT2D eigenvalue weighted by molar-refractivity contribution is -0.149. The van der Waals surface area contributed by atoms with Crippen LogP contribution in [0.5, 0.6) is 0 Å². The van der Waals surface area contributed by atoms with Crippen molar-refractivity contribution < 1.29 is 14.0 Å². The zero-order chi connectivity index (χ0) is 31.1. The van der Waals surface area contributed by atoms with Gasteiger partial charge in [-0.3, -0.25) is 9.69 Å². The fourth-order valence-electron chi connectivity index (χ4n) is 6.48. The van der Waals surface area contributed by atoms with Crippen molar-refractivity contribution in [2.45, 2.75) is 108 Å². The van der Waals surface area contributed by atoms with Gasteiger partial charge in [-0.2, -0.15) is 0 Å². The zero-order valence-corrected chi connectivity index (χ0v) is 28.4. The quantitative estimate of drug-likeness (QED) is 0.135. The second-order valence-corrected chi connectivity index (χ2v) is 18.8. The molecule has 2 aliphatic carbocycles. The van der Waals surface area contributed by atoms with Crippen molar-refractivity contribution in [3.8, 4) is 0 Å². The molecule has 4 atom stereocenters. The number of esters is 1. The lowest BCUT2D eigenvalue weighted by atomic mass is 9.88. The fourth-order valence-corrected chi connectivity index (χ4v) is 8.05. The predicted octanol–water partition coefficient (Wildman–Crippen LogP) is 8.05. The minimum absolute atomic E-state index is 0.0340. The van der Waals surface area contributed by atoms with Gasteiger partial charge in [0.1, 0.15) is 5.41 Å². The second-order valence-electron chi connectivity index (χ2n) is 14.1. The van der Waals surface area contributed by atoms with E-state index in [1.807, 2.05) is 6.08 Å². The Hall–Kier alpha value is -2.51. The Morgan fingerprint density at radius 3 is 2.26 bits per heavy atom. The highest BCUT2D eigenvalue weighted by Gasteiger charge is 2.73. The molecule has 43 heavy (non-hydrogen) atoms. The van der Waals surface area contributed by atoms with Gasteiger partial charge in [0.25, 0.3) is 0 Å². The third kappa shape index (κ3) is 7.77. The molecule has 2 aliphatic rings. The molecule has 2 aromatic carbocycles. The number of carbonyl (C=O) groups excluding carboxylic acids is 1. The van der Waals surface area contributed by atoms with Crippen molar-refractivity contribution in [2.75, 3.05) is 13.7 Å². The van der Waals surface area contributed by atoms with E-state index in [0.29, 0.717) is 24.9 Å². The number of allylic oxidation sites excluding steroid dienone is 1. The van der Waals surface area contributed by atoms with Crippen LogP contribution in [0.1, 0.15) is 70.4 Å². The van der Waals surface area contributed by atoms with Crippen LogP contribution in [0.25, 0.3) is 0 Å². The van der Waals surface area contributed by atoms with E-state index in [1.54, 1.807) is 0 Å². The molecule has 0 aromatic heterocycles. The Balaban J connectivity index is 1.50. The third-order valence-corrected chi connectivity index (χ3v) is 14.7. The highest BCUT2D eigenvalue weighted by molar-refractivity contribution is 6.74. The van der Waals surface area contributed by atoms with Crippen LogP contribution < -0.4 is 5.32 Å². The van der Waals surface area contributed by atoms with Crippen LogP contribution in [0, 0.1) is 5.41 Å². The summed E-state index contributed by atoms with van der Waals surface area (Å²) in [6.07, 6.45) is 12.4. The van der Waals surface area contributed by atoms with E-state index in [1.165, 1.54) is 43.9 Å². The number of benzene rings is 2. The van der Waals surface area contributed by atoms with Gasteiger partial charge in [0.2, 0.25) is 0 Å². The minimum Gasteiger partial charge on any atom is -0.468 e. The monoisotopic (exact) mass is 602 g/mol. The van der Waals surface area contributed by atoms with Gasteiger partial charge in [0.15, 0.2) is 8.32 Å². The molecule has 5 nitrogen and oxygen atoms in total. The molecule has 4 rings (SSSR count). The summed E-state index contributed by atoms with van der Waals surface area (Å²) in [4.78, 5) is 15.9. The van der Waals surface area contributed by atoms with Crippen LogP contribution in [-0.4, -0.2) is 50.5 Å². The summed E-state index contributed by atoms with van der Waals surface area (Å²) in [6, 6.07) is 22.3. The summed E-state index contributed by atoms with van der Waals surface area (Å²) >= 11 is 0. The van der Waals surface area contributed by atoms with Gasteiger partial charge < -0.3 is 14.5 Å². The molecule has 2 aromatic rings. The first-order valence-corrected chi connectivity index (χ1v) is 19.0. The number of rotatable bonds is 14. The molecule has 0 radical (unpaired) electrons. The van der Waals surface area contributed by atoms with E-state index in [9.17, 15) is 4.79 Å². The second kappa shape index (κ2) is 14.1. The molecule has 0 aliphatic heterocycles. The van der Waals surface area contributed by atoms with E-state index in [0.717, 1.165) is 19.6 Å². The molecule has 6 heteroatoms. The topological polar surface area (TPSA) is 50.8 Å². The van der Waals surface area contributed by atoms with Gasteiger partial charge in [-0.25, -0.2) is 0 Å². The number of carbonyl (C=O) groups is 1. The molecule has 1 N–H and O–H groups in total. The molecule has 0 amide bonds. The van der Waals surface area contributed by atoms with Gasteiger partial charge in [-0.1, -0.05) is 113 Å². The smallest absolute Gasteiger partial charge is 0.315 e. The van der Waals surface area contributed by atoms with Crippen LogP contribution in [0.2, 0.25) is 18.1 Å². The highest BCUT2D eigenvalue weighted by Crippen LogP contribution is 2.65. The van der Waals surface area contributed by atoms with Gasteiger partial charge in [-0.05, 0) is 54.9 Å². The average molecular weight is 603 g/mol. The number of nitrogens with zero attached hydrogens (tertiary/aromatic N) is 1. The standard InChI is InChI=1S/C37H54N2O3Si/c1-8-37(42-43(6,7)35(2,3)4)29-36(37,34(40)41-5)25-17-18-26-39(28-31-21-13-10-14-22-31)33-24-16-15-23-32(33)38-27-30-19-11-9-12-20-30/h8-14,17-22,32-33,38H,1,15-16,23-29H2,2-7H3/b18-17+/t32-,33-,36+,37-/m0/s1. The maximum absolute atomic E-state index is 13.3. The van der Waals surface area contributed by atoms with Crippen molar-refractivity contribution in [1.29, 1.82) is 0 Å². The molecular formula is C37H54N2O3Si. The summed E-state index contributed by atoms with van der Waals surface area (Å²) in [5, 5.41) is 3.94. The Morgan fingerprint density at radius 2 is 1.65 bits per heavy atom. The van der Waals surface area contributed by atoms with E-state index >= 15 is 0 Å². The molecule has 0 heterocycles. The van der Waals surface area contributed by atoms with Gasteiger partial charge in [0, 0.05) is 31.7 Å². The van der Waals surface area contributed by atoms with Crippen molar-refractivity contribution in [2.24, 2.45) is 5.41 Å². The van der Waals surface area contributed by atoms with E-state index in [2.05, 4.69) is 123 Å². The Kier molecular flexibility index (Phi) is 10.9. The SMILES string of the molecule is C=C[C@]1(O[Si](C)(C)C(C)(C)C)C[C@]1(C/C=C/CN(Cc1ccccc1)[C@H]1CCCC[C@@H]1NCc1ccccc1)C(=O)OC. The molecule has 0 bridgehead atoms. The zero-order valence-electron chi connectivity index (χ0n) is 27.4. The normalized spacial score (nSPS) is 26.0. The highest BCUT2D eigenvalue weighted by atomic mass is 28.4. The van der Waals surface area contributed by atoms with Crippen LogP contribution in [-0.2, 0) is 27.0 Å². The van der Waals surface area contributed by atoms with Crippen LogP contribution in [0.3, 0.4) is 0 Å². The fraction of sp³-hybridized carbons (Fsp3) is 0.541. The lowest BCUT2D eigenvalue weighted by Gasteiger charge is -2.40. The average Bonchev–Trinajstić information content (AvgIpc) is 3.65. The Morgan fingerprint density at radius 1 is 1.02 bits per heavy atom. The van der Waals surface area contributed by atoms with E-state index < -0.39 is 19.3 Å². The van der Waals surface area contributed by atoms with Crippen LogP contribution >= 0.6 is 0 Å². The first-order valence-electron chi connectivity index (χ1n) is 16.1. The lowest BCUT2D eigenvalue weighted by Crippen LogP contribution is -2.51. The summed E-state index contributed by atoms with van der Waals surface area (Å²) in [5.74, 6) is -0.200. The molecule has 2 saturated carbocycles. The molecular weight excluding hydrogens is 549 g/mol. The van der Waals surface area contributed by atoms with Crippen molar-refractivity contribution >= 4 is 14.3 Å². The van der Waals surface area contributed by atoms with Crippen LogP contribution in [0.15, 0.2) is 85.5 Å². The van der Waals surface area contributed by atoms with E-state index in [-0.39, 0.29) is 11.0 Å². The molecule has 0 spiro atoms. The summed E-state index contributed by atoms with van der Waals surface area (Å²) in [7, 11) is -0.650. The number of ether oxygens (including phenoxy) is 1. The Bertz CT molecular complexity index is 1230. The number of hydrogen-bond acceptors (Lipinski definition) is 5. The number of hydrogen-bond donors (Lipinski definition) is 1. The Labute approximate surface area is 261 Å². The number of nitrogens with one attached hydrogen (secondary N) is 1. The van der Waals surface area contributed by atoms with Crippen molar-refractivity contribution in [1.82, 2.24) is 10.2 Å². The largest absolute Gasteiger partial charge is 0.468 e. The first-order chi connectivity index (χ1) is 20.5. The summed E-state index contributed by atoms with van der Waals surface area (Å²) < 4.78 is 12.2. The summed E-state index contributed by atoms with van der Waals surface area (Å²) in [6.45, 7) is 17.9. The molecule has 0 saturated heterocycles. The third-order valence-electron chi connectivity index (χ3n) is 10.2. The maximum Gasteiger partial charge on any atom is 0.315 e. The molecule has 234 valence electrons. The number of methoxy groups -OCH3 is 1.